The van der Waals surface area contributed by atoms with Crippen molar-refractivity contribution in [3.8, 4) is 11.1 Å². The van der Waals surface area contributed by atoms with Crippen LogP contribution < -0.4 is 10.8 Å². The Morgan fingerprint density at radius 3 is 2.64 bits per heavy atom. The minimum atomic E-state index is -0.284. The number of anilines is 2. The summed E-state index contributed by atoms with van der Waals surface area (Å²) >= 11 is 0. The van der Waals surface area contributed by atoms with E-state index in [0.717, 1.165) is 24.0 Å². The Bertz CT molecular complexity index is 940. The van der Waals surface area contributed by atoms with E-state index in [1.165, 1.54) is 12.8 Å². The SMILES string of the molecule is CCNc1cccc(-c2ccc(NOC(=O)C3CCOCC3)cc2COC2CCCC2)c1F. The van der Waals surface area contributed by atoms with Crippen LogP contribution in [0.1, 0.15) is 51.0 Å². The normalized spacial score (nSPS) is 17.2. The highest BCUT2D eigenvalue weighted by Gasteiger charge is 2.24. The van der Waals surface area contributed by atoms with Gasteiger partial charge in [0, 0.05) is 25.3 Å². The van der Waals surface area contributed by atoms with E-state index in [1.807, 2.05) is 25.1 Å². The zero-order chi connectivity index (χ0) is 23.0. The van der Waals surface area contributed by atoms with E-state index < -0.39 is 0 Å². The smallest absolute Gasteiger partial charge is 0.335 e. The second kappa shape index (κ2) is 11.5. The molecule has 0 spiro atoms. The Labute approximate surface area is 194 Å². The van der Waals surface area contributed by atoms with Gasteiger partial charge in [-0.1, -0.05) is 31.0 Å². The number of nitrogens with one attached hydrogen (secondary N) is 2. The van der Waals surface area contributed by atoms with Crippen LogP contribution in [0.5, 0.6) is 0 Å². The van der Waals surface area contributed by atoms with Gasteiger partial charge in [0.25, 0.3) is 0 Å². The van der Waals surface area contributed by atoms with Crippen molar-refractivity contribution in [3.63, 3.8) is 0 Å². The van der Waals surface area contributed by atoms with Gasteiger partial charge in [0.2, 0.25) is 0 Å². The van der Waals surface area contributed by atoms with Crippen LogP contribution in [0.15, 0.2) is 36.4 Å². The fourth-order valence-electron chi connectivity index (χ4n) is 4.49. The van der Waals surface area contributed by atoms with Crippen LogP contribution in [-0.4, -0.2) is 31.8 Å². The van der Waals surface area contributed by atoms with E-state index in [9.17, 15) is 4.79 Å². The minimum Gasteiger partial charge on any atom is -0.383 e. The van der Waals surface area contributed by atoms with Crippen molar-refractivity contribution in [2.45, 2.75) is 58.2 Å². The molecule has 0 atom stereocenters. The summed E-state index contributed by atoms with van der Waals surface area (Å²) < 4.78 is 26.7. The van der Waals surface area contributed by atoms with Crippen LogP contribution in [0, 0.1) is 11.7 Å². The average molecular weight is 457 g/mol. The highest BCUT2D eigenvalue weighted by molar-refractivity contribution is 5.75. The number of hydrogen-bond acceptors (Lipinski definition) is 6. The summed E-state index contributed by atoms with van der Waals surface area (Å²) in [6.45, 7) is 4.10. The molecule has 2 aliphatic rings. The molecule has 1 aliphatic carbocycles. The van der Waals surface area contributed by atoms with Gasteiger partial charge in [0.15, 0.2) is 5.82 Å². The van der Waals surface area contributed by atoms with Crippen molar-refractivity contribution in [1.29, 1.82) is 0 Å². The Kier molecular flexibility index (Phi) is 8.18. The molecule has 0 aromatic heterocycles. The highest BCUT2D eigenvalue weighted by atomic mass is 19.1. The van der Waals surface area contributed by atoms with E-state index in [0.29, 0.717) is 56.1 Å². The average Bonchev–Trinajstić information content (AvgIpc) is 3.37. The molecule has 33 heavy (non-hydrogen) atoms. The zero-order valence-corrected chi connectivity index (χ0v) is 19.2. The molecule has 1 aliphatic heterocycles. The summed E-state index contributed by atoms with van der Waals surface area (Å²) in [5.74, 6) is -0.720. The standard InChI is InChI=1S/C26H33FN2O4/c1-2-28-24-9-5-8-23(25(24)27)22-11-10-20(16-19(22)17-32-21-6-3-4-7-21)29-33-26(30)18-12-14-31-15-13-18/h5,8-11,16,18,21,28-29H,2-4,6-7,12-15,17H2,1H3. The van der Waals surface area contributed by atoms with Crippen molar-refractivity contribution < 1.29 is 23.5 Å². The fourth-order valence-corrected chi connectivity index (χ4v) is 4.49. The van der Waals surface area contributed by atoms with Crippen LogP contribution in [0.25, 0.3) is 11.1 Å². The summed E-state index contributed by atoms with van der Waals surface area (Å²) in [6, 6.07) is 10.9. The maximum atomic E-state index is 15.2. The molecule has 6 nitrogen and oxygen atoms in total. The van der Waals surface area contributed by atoms with Crippen molar-refractivity contribution >= 4 is 17.3 Å². The minimum absolute atomic E-state index is 0.154. The molecule has 1 saturated heterocycles. The molecule has 2 aromatic carbocycles. The third-order valence-corrected chi connectivity index (χ3v) is 6.36. The maximum absolute atomic E-state index is 15.2. The van der Waals surface area contributed by atoms with E-state index in [4.69, 9.17) is 14.3 Å². The fraction of sp³-hybridized carbons (Fsp3) is 0.500. The summed E-state index contributed by atoms with van der Waals surface area (Å²) in [4.78, 5) is 17.7. The number of carbonyl (C=O) groups is 1. The van der Waals surface area contributed by atoms with E-state index in [-0.39, 0.29) is 23.8 Å². The molecule has 0 radical (unpaired) electrons. The third-order valence-electron chi connectivity index (χ3n) is 6.36. The number of halogens is 1. The predicted octanol–water partition coefficient (Wildman–Crippen LogP) is 5.68. The van der Waals surface area contributed by atoms with Crippen molar-refractivity contribution in [1.82, 2.24) is 0 Å². The van der Waals surface area contributed by atoms with E-state index in [2.05, 4.69) is 10.8 Å². The van der Waals surface area contributed by atoms with Gasteiger partial charge < -0.3 is 19.6 Å². The number of rotatable bonds is 9. The topological polar surface area (TPSA) is 68.8 Å². The maximum Gasteiger partial charge on any atom is 0.335 e. The van der Waals surface area contributed by atoms with Crippen LogP contribution in [0.2, 0.25) is 0 Å². The summed E-state index contributed by atoms with van der Waals surface area (Å²) in [7, 11) is 0. The summed E-state index contributed by atoms with van der Waals surface area (Å²) in [6.07, 6.45) is 6.04. The van der Waals surface area contributed by atoms with Crippen molar-refractivity contribution in [2.24, 2.45) is 5.92 Å². The molecule has 0 unspecified atom stereocenters. The lowest BCUT2D eigenvalue weighted by atomic mass is 9.98. The Morgan fingerprint density at radius 2 is 1.88 bits per heavy atom. The lowest BCUT2D eigenvalue weighted by Crippen LogP contribution is -2.26. The number of benzene rings is 2. The molecule has 1 saturated carbocycles. The Balaban J connectivity index is 1.54. The first kappa shape index (κ1) is 23.5. The van der Waals surface area contributed by atoms with E-state index in [1.54, 1.807) is 18.2 Å². The molecule has 4 rings (SSSR count). The molecular formula is C26H33FN2O4. The van der Waals surface area contributed by atoms with Gasteiger partial charge in [-0.05, 0) is 61.9 Å². The molecular weight excluding hydrogens is 423 g/mol. The Hall–Kier alpha value is -2.64. The molecule has 2 N–H and O–H groups in total. The van der Waals surface area contributed by atoms with Crippen molar-refractivity contribution in [3.05, 3.63) is 47.8 Å². The predicted molar refractivity (Wildman–Crippen MR) is 126 cm³/mol. The second-order valence-electron chi connectivity index (χ2n) is 8.70. The first-order chi connectivity index (χ1) is 16.2. The van der Waals surface area contributed by atoms with Crippen LogP contribution >= 0.6 is 0 Å². The third kappa shape index (κ3) is 6.03. The zero-order valence-electron chi connectivity index (χ0n) is 19.2. The van der Waals surface area contributed by atoms with Gasteiger partial charge in [-0.2, -0.15) is 0 Å². The first-order valence-corrected chi connectivity index (χ1v) is 12.0. The largest absolute Gasteiger partial charge is 0.383 e. The van der Waals surface area contributed by atoms with Crippen LogP contribution in [0.3, 0.4) is 0 Å². The van der Waals surface area contributed by atoms with Gasteiger partial charge in [-0.3, -0.25) is 0 Å². The highest BCUT2D eigenvalue weighted by Crippen LogP contribution is 2.33. The van der Waals surface area contributed by atoms with Gasteiger partial charge in [-0.25, -0.2) is 14.7 Å². The monoisotopic (exact) mass is 456 g/mol. The number of ether oxygens (including phenoxy) is 2. The van der Waals surface area contributed by atoms with E-state index >= 15 is 4.39 Å². The lowest BCUT2D eigenvalue weighted by molar-refractivity contribution is -0.148. The van der Waals surface area contributed by atoms with Gasteiger partial charge >= 0.3 is 5.97 Å². The lowest BCUT2D eigenvalue weighted by Gasteiger charge is -2.21. The molecule has 2 aromatic rings. The van der Waals surface area contributed by atoms with Crippen LogP contribution in [-0.2, 0) is 25.7 Å². The van der Waals surface area contributed by atoms with Gasteiger partial charge in [-0.15, -0.1) is 0 Å². The number of hydrogen-bond donors (Lipinski definition) is 2. The Morgan fingerprint density at radius 1 is 1.09 bits per heavy atom. The summed E-state index contributed by atoms with van der Waals surface area (Å²) in [5.41, 5.74) is 6.03. The molecule has 1 heterocycles. The molecule has 2 fully saturated rings. The van der Waals surface area contributed by atoms with Crippen molar-refractivity contribution in [2.75, 3.05) is 30.6 Å². The second-order valence-corrected chi connectivity index (χ2v) is 8.70. The van der Waals surface area contributed by atoms with Crippen LogP contribution in [0.4, 0.5) is 15.8 Å². The molecule has 7 heteroatoms. The molecule has 0 amide bonds. The van der Waals surface area contributed by atoms with Gasteiger partial charge in [0.05, 0.1) is 30.0 Å². The molecule has 178 valence electrons. The summed E-state index contributed by atoms with van der Waals surface area (Å²) in [5, 5.41) is 3.07. The number of carbonyl (C=O) groups excluding carboxylic acids is 1. The quantitative estimate of drug-likeness (QED) is 0.473. The molecule has 0 bridgehead atoms. The van der Waals surface area contributed by atoms with Gasteiger partial charge in [0.1, 0.15) is 0 Å². The first-order valence-electron chi connectivity index (χ1n) is 12.0.